The van der Waals surface area contributed by atoms with Crippen molar-refractivity contribution in [2.24, 2.45) is 0 Å². The van der Waals surface area contributed by atoms with E-state index in [0.29, 0.717) is 18.5 Å². The number of nitrogens with zero attached hydrogens (tertiary/aromatic N) is 2. The van der Waals surface area contributed by atoms with E-state index >= 15 is 0 Å². The number of H-pyrrole nitrogens is 1. The predicted molar refractivity (Wildman–Crippen MR) is 102 cm³/mol. The highest BCUT2D eigenvalue weighted by molar-refractivity contribution is 6.46. The van der Waals surface area contributed by atoms with Gasteiger partial charge in [0.15, 0.2) is 0 Å². The second kappa shape index (κ2) is 6.72. The van der Waals surface area contributed by atoms with Gasteiger partial charge in [0.1, 0.15) is 5.76 Å². The van der Waals surface area contributed by atoms with Crippen molar-refractivity contribution in [3.63, 3.8) is 0 Å². The van der Waals surface area contributed by atoms with Gasteiger partial charge >= 0.3 is 0 Å². The number of aliphatic hydroxyl groups excluding tert-OH is 1. The summed E-state index contributed by atoms with van der Waals surface area (Å²) in [6.07, 6.45) is 5.60. The Morgan fingerprint density at radius 1 is 1.19 bits per heavy atom. The number of hydrogen-bond donors (Lipinski definition) is 2. The number of aromatic amines is 1. The van der Waals surface area contributed by atoms with Crippen LogP contribution in [0, 0.1) is 0 Å². The number of pyridine rings is 1. The maximum Gasteiger partial charge on any atom is 0.295 e. The zero-order chi connectivity index (χ0) is 19.0. The Hall–Kier alpha value is -3.41. The Kier molecular flexibility index (Phi) is 4.24. The monoisotopic (exact) mass is 361 g/mol. The second-order valence-electron chi connectivity index (χ2n) is 6.52. The van der Waals surface area contributed by atoms with Gasteiger partial charge in [-0.05, 0) is 24.6 Å². The van der Waals surface area contributed by atoms with E-state index < -0.39 is 17.7 Å². The molecule has 1 aliphatic heterocycles. The number of ketones is 1. The van der Waals surface area contributed by atoms with Gasteiger partial charge in [-0.1, -0.05) is 25.1 Å². The van der Waals surface area contributed by atoms with Crippen LogP contribution < -0.4 is 0 Å². The molecular formula is C21H19N3O3. The van der Waals surface area contributed by atoms with Crippen LogP contribution in [0.2, 0.25) is 0 Å². The van der Waals surface area contributed by atoms with Crippen molar-refractivity contribution in [1.29, 1.82) is 0 Å². The normalized spacial score (nSPS) is 19.1. The first-order chi connectivity index (χ1) is 13.1. The Balaban J connectivity index is 1.95. The molecule has 6 heteroatoms. The van der Waals surface area contributed by atoms with Crippen LogP contribution in [0.4, 0.5) is 0 Å². The molecule has 2 N–H and O–H groups in total. The third kappa shape index (κ3) is 2.70. The van der Waals surface area contributed by atoms with Gasteiger partial charge < -0.3 is 15.0 Å². The van der Waals surface area contributed by atoms with Crippen molar-refractivity contribution in [3.05, 3.63) is 71.7 Å². The van der Waals surface area contributed by atoms with E-state index in [-0.39, 0.29) is 11.3 Å². The van der Waals surface area contributed by atoms with Gasteiger partial charge in [-0.3, -0.25) is 14.6 Å². The molecule has 136 valence electrons. The molecule has 6 nitrogen and oxygen atoms in total. The SMILES string of the molecule is CCCN1C(=O)C(=O)/C(=C(/O)c2ccncc2)C1c1c[nH]c2ccccc12. The maximum atomic E-state index is 12.8. The molecule has 4 rings (SSSR count). The van der Waals surface area contributed by atoms with Crippen LogP contribution >= 0.6 is 0 Å². The number of aromatic nitrogens is 2. The molecule has 1 aliphatic rings. The van der Waals surface area contributed by atoms with Gasteiger partial charge in [0.2, 0.25) is 0 Å². The summed E-state index contributed by atoms with van der Waals surface area (Å²) in [7, 11) is 0. The van der Waals surface area contributed by atoms with Gasteiger partial charge in [0, 0.05) is 47.2 Å². The van der Waals surface area contributed by atoms with E-state index in [2.05, 4.69) is 9.97 Å². The highest BCUT2D eigenvalue weighted by atomic mass is 16.3. The molecule has 3 aromatic rings. The van der Waals surface area contributed by atoms with E-state index in [1.54, 1.807) is 17.0 Å². The molecule has 1 saturated heterocycles. The van der Waals surface area contributed by atoms with Gasteiger partial charge in [0.25, 0.3) is 11.7 Å². The van der Waals surface area contributed by atoms with Crippen molar-refractivity contribution >= 4 is 28.4 Å². The summed E-state index contributed by atoms with van der Waals surface area (Å²) in [4.78, 5) is 34.2. The first kappa shape index (κ1) is 17.0. The molecule has 0 spiro atoms. The van der Waals surface area contributed by atoms with Crippen molar-refractivity contribution in [3.8, 4) is 0 Å². The van der Waals surface area contributed by atoms with Crippen LogP contribution in [0.5, 0.6) is 0 Å². The standard InChI is InChI=1S/C21H19N3O3/c1-2-11-24-18(15-12-23-16-6-4-3-5-14(15)16)17(20(26)21(24)27)19(25)13-7-9-22-10-8-13/h3-10,12,18,23,25H,2,11H2,1H3/b19-17+. The number of carbonyl (C=O) groups is 2. The van der Waals surface area contributed by atoms with E-state index in [0.717, 1.165) is 16.5 Å². The lowest BCUT2D eigenvalue weighted by molar-refractivity contribution is -0.139. The molecule has 0 aliphatic carbocycles. The number of carbonyl (C=O) groups excluding carboxylic acids is 2. The fraction of sp³-hybridized carbons (Fsp3) is 0.190. The van der Waals surface area contributed by atoms with E-state index in [1.165, 1.54) is 12.4 Å². The van der Waals surface area contributed by atoms with Gasteiger partial charge in [0.05, 0.1) is 11.6 Å². The third-order valence-corrected chi connectivity index (χ3v) is 4.87. The number of Topliss-reactive ketones (excluding diaryl/α,β-unsaturated/α-hetero) is 1. The van der Waals surface area contributed by atoms with Gasteiger partial charge in [-0.2, -0.15) is 0 Å². The molecule has 0 radical (unpaired) electrons. The average Bonchev–Trinajstić information content (AvgIpc) is 3.23. The minimum absolute atomic E-state index is 0.115. The summed E-state index contributed by atoms with van der Waals surface area (Å²) in [5, 5.41) is 11.8. The summed E-state index contributed by atoms with van der Waals surface area (Å²) < 4.78 is 0. The minimum Gasteiger partial charge on any atom is -0.507 e. The van der Waals surface area contributed by atoms with Gasteiger partial charge in [-0.15, -0.1) is 0 Å². The molecule has 1 unspecified atom stereocenters. The Bertz CT molecular complexity index is 1050. The number of amides is 1. The quantitative estimate of drug-likeness (QED) is 0.424. The predicted octanol–water partition coefficient (Wildman–Crippen LogP) is 3.39. The van der Waals surface area contributed by atoms with Crippen LogP contribution in [0.15, 0.2) is 60.6 Å². The lowest BCUT2D eigenvalue weighted by atomic mass is 9.95. The molecule has 1 fully saturated rings. The van der Waals surface area contributed by atoms with Crippen LogP contribution in [-0.2, 0) is 9.59 Å². The summed E-state index contributed by atoms with van der Waals surface area (Å²) in [6.45, 7) is 2.39. The Labute approximate surface area is 156 Å². The van der Waals surface area contributed by atoms with Crippen molar-refractivity contribution in [2.45, 2.75) is 19.4 Å². The molecule has 1 amide bonds. The largest absolute Gasteiger partial charge is 0.507 e. The van der Waals surface area contributed by atoms with Crippen LogP contribution in [0.1, 0.15) is 30.5 Å². The number of nitrogens with one attached hydrogen (secondary N) is 1. The van der Waals surface area contributed by atoms with Crippen molar-refractivity contribution in [2.75, 3.05) is 6.54 Å². The fourth-order valence-electron chi connectivity index (χ4n) is 3.66. The lowest BCUT2D eigenvalue weighted by Gasteiger charge is -2.24. The molecule has 0 bridgehead atoms. The van der Waals surface area contributed by atoms with E-state index in [9.17, 15) is 14.7 Å². The molecule has 1 aromatic carbocycles. The summed E-state index contributed by atoms with van der Waals surface area (Å²) in [5.41, 5.74) is 2.29. The number of hydrogen-bond acceptors (Lipinski definition) is 4. The number of rotatable bonds is 4. The van der Waals surface area contributed by atoms with E-state index in [4.69, 9.17) is 0 Å². The lowest BCUT2D eigenvalue weighted by Crippen LogP contribution is -2.30. The fourth-order valence-corrected chi connectivity index (χ4v) is 3.66. The van der Waals surface area contributed by atoms with Crippen LogP contribution in [0.25, 0.3) is 16.7 Å². The van der Waals surface area contributed by atoms with Gasteiger partial charge in [-0.25, -0.2) is 0 Å². The van der Waals surface area contributed by atoms with Crippen LogP contribution in [-0.4, -0.2) is 38.2 Å². The van der Waals surface area contributed by atoms with Crippen molar-refractivity contribution < 1.29 is 14.7 Å². The average molecular weight is 361 g/mol. The molecule has 27 heavy (non-hydrogen) atoms. The Morgan fingerprint density at radius 2 is 1.93 bits per heavy atom. The number of aliphatic hydroxyl groups is 1. The zero-order valence-electron chi connectivity index (χ0n) is 14.8. The van der Waals surface area contributed by atoms with Crippen molar-refractivity contribution in [1.82, 2.24) is 14.9 Å². The smallest absolute Gasteiger partial charge is 0.295 e. The highest BCUT2D eigenvalue weighted by Gasteiger charge is 2.46. The molecule has 1 atom stereocenters. The first-order valence-electron chi connectivity index (χ1n) is 8.88. The minimum atomic E-state index is -0.659. The third-order valence-electron chi connectivity index (χ3n) is 4.87. The topological polar surface area (TPSA) is 86.3 Å². The number of likely N-dealkylation sites (tertiary alicyclic amines) is 1. The summed E-state index contributed by atoms with van der Waals surface area (Å²) in [5.74, 6) is -1.42. The number of para-hydroxylation sites is 1. The first-order valence-corrected chi connectivity index (χ1v) is 8.88. The second-order valence-corrected chi connectivity index (χ2v) is 6.52. The molecular weight excluding hydrogens is 342 g/mol. The molecule has 2 aromatic heterocycles. The number of benzene rings is 1. The summed E-state index contributed by atoms with van der Waals surface area (Å²) >= 11 is 0. The molecule has 0 saturated carbocycles. The number of fused-ring (bicyclic) bond motifs is 1. The maximum absolute atomic E-state index is 12.8. The van der Waals surface area contributed by atoms with Crippen LogP contribution in [0.3, 0.4) is 0 Å². The Morgan fingerprint density at radius 3 is 2.67 bits per heavy atom. The highest BCUT2D eigenvalue weighted by Crippen LogP contribution is 2.41. The summed E-state index contributed by atoms with van der Waals surface area (Å²) in [6, 6.07) is 10.3. The molecule has 3 heterocycles. The van der Waals surface area contributed by atoms with E-state index in [1.807, 2.05) is 37.4 Å². The zero-order valence-corrected chi connectivity index (χ0v) is 14.8.